The maximum Gasteiger partial charge on any atom is 0.340 e. The number of hydrogen-bond acceptors (Lipinski definition) is 14. The Kier molecular flexibility index (Phi) is 20.2. The van der Waals surface area contributed by atoms with Crippen molar-refractivity contribution in [1.82, 2.24) is 46.4 Å². The number of halogens is 1. The minimum Gasteiger partial charge on any atom is -0.458 e. The largest absolute Gasteiger partial charge is 0.458 e. The molecule has 1 unspecified atom stereocenters. The van der Waals surface area contributed by atoms with Crippen LogP contribution in [0.1, 0.15) is 104 Å². The van der Waals surface area contributed by atoms with Gasteiger partial charge >= 0.3 is 5.97 Å². The highest BCUT2D eigenvalue weighted by atomic mass is 19.1. The molecule has 0 bridgehead atoms. The van der Waals surface area contributed by atoms with Gasteiger partial charge in [-0.25, -0.2) is 14.2 Å². The van der Waals surface area contributed by atoms with E-state index in [1.54, 1.807) is 19.9 Å². The van der Waals surface area contributed by atoms with Crippen LogP contribution in [0.4, 0.5) is 4.39 Å². The number of hydrogen-bond donors (Lipinski definition) is 7. The molecule has 2 aromatic heterocycles. The number of unbranched alkanes of at least 4 members (excludes halogenated alkanes) is 2. The molecule has 3 aliphatic heterocycles. The zero-order chi connectivity index (χ0) is 55.1. The van der Waals surface area contributed by atoms with Crippen molar-refractivity contribution in [2.75, 3.05) is 39.5 Å². The molecule has 0 radical (unpaired) electrons. The third kappa shape index (κ3) is 13.7. The van der Waals surface area contributed by atoms with Crippen molar-refractivity contribution < 1.29 is 62.1 Å². The highest BCUT2D eigenvalue weighted by molar-refractivity contribution is 6.12. The second-order valence-corrected chi connectivity index (χ2v) is 17.8. The monoisotopic (exact) mass is 1050 g/mol. The molecule has 0 saturated carbocycles. The summed E-state index contributed by atoms with van der Waals surface area (Å²) in [4.78, 5) is 126. The van der Waals surface area contributed by atoms with E-state index in [2.05, 4.69) is 31.9 Å². The number of amides is 8. The number of nitrogens with one attached hydrogen (secondary N) is 6. The Morgan fingerprint density at radius 3 is 2.33 bits per heavy atom. The van der Waals surface area contributed by atoms with Crippen LogP contribution < -0.4 is 37.5 Å². The maximum absolute atomic E-state index is 14.9. The predicted octanol–water partition coefficient (Wildman–Crippen LogP) is 1.38. The Labute approximate surface area is 436 Å². The van der Waals surface area contributed by atoms with E-state index < -0.39 is 53.3 Å². The number of cyclic esters (lactones) is 1. The number of aliphatic hydroxyl groups is 1. The van der Waals surface area contributed by atoms with Crippen molar-refractivity contribution in [3.8, 4) is 11.4 Å². The summed E-state index contributed by atoms with van der Waals surface area (Å²) in [5.74, 6) is -3.97. The summed E-state index contributed by atoms with van der Waals surface area (Å²) >= 11 is 0. The van der Waals surface area contributed by atoms with Gasteiger partial charge in [0, 0.05) is 60.7 Å². The number of aryl methyl sites for hydroxylation is 1. The number of aromatic nitrogens is 2. The van der Waals surface area contributed by atoms with Gasteiger partial charge in [-0.2, -0.15) is 0 Å². The molecule has 2 aromatic carbocycles. The zero-order valence-corrected chi connectivity index (χ0v) is 42.7. The van der Waals surface area contributed by atoms with Crippen molar-refractivity contribution in [3.63, 3.8) is 0 Å². The maximum atomic E-state index is 14.9. The summed E-state index contributed by atoms with van der Waals surface area (Å²) in [6.07, 6.45) is 4.63. The van der Waals surface area contributed by atoms with Crippen LogP contribution in [0, 0.1) is 12.7 Å². The Hall–Kier alpha value is -8.18. The van der Waals surface area contributed by atoms with Crippen molar-refractivity contribution >= 4 is 64.6 Å². The van der Waals surface area contributed by atoms with Crippen LogP contribution in [0.5, 0.6) is 0 Å². The number of esters is 1. The summed E-state index contributed by atoms with van der Waals surface area (Å²) in [6, 6.07) is 10.9. The molecule has 8 amide bonds. The van der Waals surface area contributed by atoms with Gasteiger partial charge in [-0.05, 0) is 67.9 Å². The van der Waals surface area contributed by atoms with Gasteiger partial charge in [0.2, 0.25) is 35.9 Å². The molecule has 76 heavy (non-hydrogen) atoms. The van der Waals surface area contributed by atoms with E-state index in [0.29, 0.717) is 86.1 Å². The third-order valence-corrected chi connectivity index (χ3v) is 12.8. The van der Waals surface area contributed by atoms with Crippen LogP contribution in [0.3, 0.4) is 0 Å². The number of imide groups is 1. The first-order valence-corrected chi connectivity index (χ1v) is 25.1. The summed E-state index contributed by atoms with van der Waals surface area (Å²) < 4.78 is 26.5. The summed E-state index contributed by atoms with van der Waals surface area (Å²) in [6.45, 7) is 7.13. The molecule has 22 nitrogen and oxygen atoms in total. The Morgan fingerprint density at radius 1 is 0.908 bits per heavy atom. The van der Waals surface area contributed by atoms with E-state index in [0.717, 1.165) is 27.0 Å². The molecule has 5 heterocycles. The van der Waals surface area contributed by atoms with Gasteiger partial charge in [0.15, 0.2) is 6.10 Å². The molecule has 0 spiro atoms. The van der Waals surface area contributed by atoms with E-state index >= 15 is 0 Å². The van der Waals surface area contributed by atoms with E-state index in [1.807, 2.05) is 44.2 Å². The van der Waals surface area contributed by atoms with Gasteiger partial charge in [-0.3, -0.25) is 48.1 Å². The van der Waals surface area contributed by atoms with Crippen LogP contribution in [0.25, 0.3) is 22.3 Å². The quantitative estimate of drug-likeness (QED) is 0.0180. The average Bonchev–Trinajstić information content (AvgIpc) is 4.02. The predicted molar refractivity (Wildman–Crippen MR) is 272 cm³/mol. The lowest BCUT2D eigenvalue weighted by molar-refractivity contribution is -0.157. The van der Waals surface area contributed by atoms with Crippen molar-refractivity contribution in [2.45, 2.75) is 104 Å². The van der Waals surface area contributed by atoms with Crippen LogP contribution in [-0.2, 0) is 78.6 Å². The lowest BCUT2D eigenvalue weighted by Crippen LogP contribution is -2.51. The number of carbonyl (C=O) groups excluding carboxylic acids is 9. The number of benzene rings is 2. The van der Waals surface area contributed by atoms with E-state index in [-0.39, 0.29) is 80.8 Å². The number of likely N-dealkylation sites (N-methyl/N-ethyl adjacent to an activating group) is 1. The van der Waals surface area contributed by atoms with Crippen LogP contribution in [-0.4, -0.2) is 119 Å². The van der Waals surface area contributed by atoms with E-state index in [9.17, 15) is 57.4 Å². The highest BCUT2D eigenvalue weighted by Gasteiger charge is 2.38. The second kappa shape index (κ2) is 26.9. The molecule has 1 aliphatic carbocycles. The van der Waals surface area contributed by atoms with Gasteiger partial charge in [-0.1, -0.05) is 50.6 Å². The number of carbonyl (C=O) groups is 9. The number of aliphatic hydroxyl groups excluding tert-OH is 1. The van der Waals surface area contributed by atoms with Crippen molar-refractivity contribution in [2.24, 2.45) is 0 Å². The molecular formula is C53H62FN9O13. The SMILES string of the molecule is CC.CCNC(=O)[C@H](Cc1ccccc1)NC(=O)CNC(=O)CNC(=O)CCCCCN1C(=O)C=CC1=O.Cc1c(F)cc2nc3c(c4c2c1CC[C@@H]4NC(=O)COCNC=O)Cn1c-3cc2c(c1=O)COC(=O)C2O. The summed E-state index contributed by atoms with van der Waals surface area (Å²) in [7, 11) is 0. The minimum absolute atomic E-state index is 0.112. The lowest BCUT2D eigenvalue weighted by Gasteiger charge is -2.29. The van der Waals surface area contributed by atoms with Crippen molar-refractivity contribution in [3.05, 3.63) is 110 Å². The smallest absolute Gasteiger partial charge is 0.340 e. The molecular weight excluding hydrogens is 990 g/mol. The Bertz CT molecular complexity index is 2960. The topological polar surface area (TPSA) is 303 Å². The number of rotatable bonds is 21. The lowest BCUT2D eigenvalue weighted by atomic mass is 9.81. The molecule has 4 aliphatic rings. The standard InChI is InChI=1S/C26H23FN4O7.C25H33N5O6.C2H6/c1-11-12-2-3-17(29-20(33)8-37-10-28-9-32)22-14-6-31-19(23(14)30-18(21(12)22)5-16(11)27)4-13-15(25(31)35)7-38-26(36)24(13)34;1-2-26-25(36)19(15-18-9-5-3-6-10-18)29-22(33)17-28-21(32)16-27-20(31)11-7-4-8-14-30-23(34)12-13-24(30)35;1-2/h4-5,9,17,24,34H,2-3,6-8,10H2,1H3,(H,28,32)(H,29,33);3,5-6,9-10,12-13,19H,2,4,7-8,11,14-17H2,1H3,(H,26,36)(H,27,31)(H,28,32)(H,29,33);1-2H3/t17-,24?;19-;/m00./s1. The molecule has 7 N–H and O–H groups in total. The highest BCUT2D eigenvalue weighted by Crippen LogP contribution is 2.45. The molecule has 0 fully saturated rings. The molecule has 4 aromatic rings. The van der Waals surface area contributed by atoms with Crippen LogP contribution >= 0.6 is 0 Å². The van der Waals surface area contributed by atoms with Gasteiger partial charge in [0.05, 0.1) is 48.1 Å². The zero-order valence-electron chi connectivity index (χ0n) is 42.7. The first kappa shape index (κ1) is 57.1. The van der Waals surface area contributed by atoms with Crippen molar-refractivity contribution in [1.29, 1.82) is 0 Å². The summed E-state index contributed by atoms with van der Waals surface area (Å²) in [5, 5.41) is 26.7. The Balaban J connectivity index is 0.000000240. The number of ether oxygens (including phenoxy) is 2. The number of fused-ring (bicyclic) bond motifs is 5. The Morgan fingerprint density at radius 2 is 1.62 bits per heavy atom. The second-order valence-electron chi connectivity index (χ2n) is 17.8. The fourth-order valence-corrected chi connectivity index (χ4v) is 9.21. The van der Waals surface area contributed by atoms with Gasteiger partial charge in [0.1, 0.15) is 31.8 Å². The molecule has 3 atom stereocenters. The minimum atomic E-state index is -1.59. The number of nitrogens with zero attached hydrogens (tertiary/aromatic N) is 3. The van der Waals surface area contributed by atoms with E-state index in [1.165, 1.54) is 22.8 Å². The first-order valence-electron chi connectivity index (χ1n) is 25.1. The van der Waals surface area contributed by atoms with Crippen LogP contribution in [0.2, 0.25) is 0 Å². The molecule has 23 heteroatoms. The molecule has 8 rings (SSSR count). The number of pyridine rings is 2. The fraction of sp³-hybridized carbons (Fsp3) is 0.415. The molecule has 404 valence electrons. The average molecular weight is 1050 g/mol. The normalized spacial score (nSPS) is 15.8. The van der Waals surface area contributed by atoms with Gasteiger partial charge < -0.3 is 51.0 Å². The third-order valence-electron chi connectivity index (χ3n) is 12.8. The summed E-state index contributed by atoms with van der Waals surface area (Å²) in [5.41, 5.74) is 4.84. The molecule has 0 saturated heterocycles. The fourth-order valence-electron chi connectivity index (χ4n) is 9.21. The first-order chi connectivity index (χ1) is 36.6. The van der Waals surface area contributed by atoms with Gasteiger partial charge in [-0.15, -0.1) is 0 Å². The van der Waals surface area contributed by atoms with E-state index in [4.69, 9.17) is 14.5 Å². The van der Waals surface area contributed by atoms with Crippen LogP contribution in [0.15, 0.2) is 59.4 Å². The van der Waals surface area contributed by atoms with Gasteiger partial charge in [0.25, 0.3) is 17.4 Å².